The Balaban J connectivity index is 2.24. The minimum absolute atomic E-state index is 0.0933. The van der Waals surface area contributed by atoms with Crippen LogP contribution in [0.15, 0.2) is 41.0 Å². The summed E-state index contributed by atoms with van der Waals surface area (Å²) in [5, 5.41) is 0. The fourth-order valence-corrected chi connectivity index (χ4v) is 2.05. The van der Waals surface area contributed by atoms with E-state index in [0.717, 1.165) is 29.7 Å². The van der Waals surface area contributed by atoms with Crippen molar-refractivity contribution >= 4 is 0 Å². The smallest absolute Gasteiger partial charge is 0.101 e. The highest BCUT2D eigenvalue weighted by molar-refractivity contribution is 5.33. The summed E-state index contributed by atoms with van der Waals surface area (Å²) >= 11 is 0. The fourth-order valence-electron chi connectivity index (χ4n) is 2.05. The van der Waals surface area contributed by atoms with E-state index in [1.165, 1.54) is 5.56 Å². The Bertz CT molecular complexity index is 487. The first-order valence-electron chi connectivity index (χ1n) is 6.10. The van der Waals surface area contributed by atoms with Crippen LogP contribution in [-0.2, 0) is 6.42 Å². The Morgan fingerprint density at radius 2 is 2.06 bits per heavy atom. The lowest BCUT2D eigenvalue weighted by molar-refractivity contribution is 0.530. The molecular formula is C15H19NO. The standard InChI is InChI=1S/C15H19NO/c1-3-5-12-6-4-7-13(9-12)15(16)14-8-11(2)17-10-14/h4,6-10,15H,3,5,16H2,1-2H3. The Hall–Kier alpha value is -1.54. The van der Waals surface area contributed by atoms with E-state index in [9.17, 15) is 0 Å². The van der Waals surface area contributed by atoms with Crippen LogP contribution in [0.25, 0.3) is 0 Å². The number of hydrogen-bond donors (Lipinski definition) is 1. The van der Waals surface area contributed by atoms with Crippen molar-refractivity contribution in [3.8, 4) is 0 Å². The van der Waals surface area contributed by atoms with Gasteiger partial charge in [-0.05, 0) is 30.5 Å². The summed E-state index contributed by atoms with van der Waals surface area (Å²) in [6.07, 6.45) is 4.00. The average molecular weight is 229 g/mol. The maximum absolute atomic E-state index is 6.23. The zero-order valence-electron chi connectivity index (χ0n) is 10.4. The van der Waals surface area contributed by atoms with Crippen molar-refractivity contribution in [2.24, 2.45) is 5.73 Å². The van der Waals surface area contributed by atoms with E-state index in [0.29, 0.717) is 0 Å². The summed E-state index contributed by atoms with van der Waals surface area (Å²) in [5.74, 6) is 0.903. The molecule has 1 unspecified atom stereocenters. The second-order valence-electron chi connectivity index (χ2n) is 4.46. The van der Waals surface area contributed by atoms with Crippen molar-refractivity contribution in [2.45, 2.75) is 32.7 Å². The maximum Gasteiger partial charge on any atom is 0.101 e. The third-order valence-corrected chi connectivity index (χ3v) is 2.96. The van der Waals surface area contributed by atoms with Gasteiger partial charge < -0.3 is 10.2 Å². The summed E-state index contributed by atoms with van der Waals surface area (Å²) in [7, 11) is 0. The molecule has 0 aliphatic rings. The summed E-state index contributed by atoms with van der Waals surface area (Å²) in [4.78, 5) is 0. The summed E-state index contributed by atoms with van der Waals surface area (Å²) < 4.78 is 5.30. The Morgan fingerprint density at radius 3 is 2.71 bits per heavy atom. The van der Waals surface area contributed by atoms with Crippen molar-refractivity contribution in [2.75, 3.05) is 0 Å². The molecule has 2 N–H and O–H groups in total. The molecule has 0 bridgehead atoms. The van der Waals surface area contributed by atoms with E-state index >= 15 is 0 Å². The third kappa shape index (κ3) is 2.77. The van der Waals surface area contributed by atoms with Gasteiger partial charge in [-0.3, -0.25) is 0 Å². The number of benzene rings is 1. The van der Waals surface area contributed by atoms with Crippen molar-refractivity contribution in [1.82, 2.24) is 0 Å². The molecule has 1 aromatic heterocycles. The molecule has 17 heavy (non-hydrogen) atoms. The van der Waals surface area contributed by atoms with E-state index < -0.39 is 0 Å². The Morgan fingerprint density at radius 1 is 1.24 bits per heavy atom. The number of rotatable bonds is 4. The van der Waals surface area contributed by atoms with Gasteiger partial charge in [0.05, 0.1) is 12.3 Å². The highest BCUT2D eigenvalue weighted by atomic mass is 16.3. The lowest BCUT2D eigenvalue weighted by Gasteiger charge is -2.11. The monoisotopic (exact) mass is 229 g/mol. The molecule has 2 rings (SSSR count). The minimum atomic E-state index is -0.0933. The number of hydrogen-bond acceptors (Lipinski definition) is 2. The molecule has 0 spiro atoms. The molecule has 1 atom stereocenters. The molecule has 0 aliphatic heterocycles. The highest BCUT2D eigenvalue weighted by Gasteiger charge is 2.11. The molecule has 0 radical (unpaired) electrons. The van der Waals surface area contributed by atoms with Crippen LogP contribution in [0.3, 0.4) is 0 Å². The topological polar surface area (TPSA) is 39.2 Å². The molecule has 90 valence electrons. The second-order valence-corrected chi connectivity index (χ2v) is 4.46. The van der Waals surface area contributed by atoms with Gasteiger partial charge >= 0.3 is 0 Å². The Labute approximate surface area is 102 Å². The summed E-state index contributed by atoms with van der Waals surface area (Å²) in [6.45, 7) is 4.12. The van der Waals surface area contributed by atoms with E-state index in [1.54, 1.807) is 6.26 Å². The maximum atomic E-state index is 6.23. The average Bonchev–Trinajstić information content (AvgIpc) is 2.76. The van der Waals surface area contributed by atoms with Gasteiger partial charge in [-0.1, -0.05) is 37.6 Å². The molecule has 2 heteroatoms. The van der Waals surface area contributed by atoms with Crippen LogP contribution in [0, 0.1) is 6.92 Å². The van der Waals surface area contributed by atoms with Crippen LogP contribution in [0.4, 0.5) is 0 Å². The van der Waals surface area contributed by atoms with Gasteiger partial charge in [-0.2, -0.15) is 0 Å². The second kappa shape index (κ2) is 5.19. The molecule has 2 nitrogen and oxygen atoms in total. The van der Waals surface area contributed by atoms with Crippen LogP contribution < -0.4 is 5.73 Å². The first-order chi connectivity index (χ1) is 8.20. The fraction of sp³-hybridized carbons (Fsp3) is 0.333. The zero-order chi connectivity index (χ0) is 12.3. The van der Waals surface area contributed by atoms with Gasteiger partial charge in [0.15, 0.2) is 0 Å². The molecule has 0 saturated heterocycles. The molecule has 1 heterocycles. The molecule has 1 aromatic carbocycles. The molecule has 0 amide bonds. The lowest BCUT2D eigenvalue weighted by atomic mass is 9.98. The number of aryl methyl sites for hydroxylation is 2. The molecule has 2 aromatic rings. The minimum Gasteiger partial charge on any atom is -0.469 e. The molecular weight excluding hydrogens is 210 g/mol. The van der Waals surface area contributed by atoms with E-state index in [2.05, 4.69) is 31.2 Å². The highest BCUT2D eigenvalue weighted by Crippen LogP contribution is 2.22. The van der Waals surface area contributed by atoms with Gasteiger partial charge in [0.25, 0.3) is 0 Å². The number of nitrogens with two attached hydrogens (primary N) is 1. The summed E-state index contributed by atoms with van der Waals surface area (Å²) in [6, 6.07) is 10.4. The molecule has 0 saturated carbocycles. The van der Waals surface area contributed by atoms with Crippen molar-refractivity contribution in [3.05, 3.63) is 59.0 Å². The van der Waals surface area contributed by atoms with Gasteiger partial charge in [-0.25, -0.2) is 0 Å². The molecule has 0 aliphatic carbocycles. The van der Waals surface area contributed by atoms with Crippen molar-refractivity contribution in [1.29, 1.82) is 0 Å². The van der Waals surface area contributed by atoms with Crippen LogP contribution in [0.2, 0.25) is 0 Å². The zero-order valence-corrected chi connectivity index (χ0v) is 10.4. The SMILES string of the molecule is CCCc1cccc(C(N)c2coc(C)c2)c1. The summed E-state index contributed by atoms with van der Waals surface area (Å²) in [5.41, 5.74) is 9.77. The largest absolute Gasteiger partial charge is 0.469 e. The predicted octanol–water partition coefficient (Wildman–Crippen LogP) is 3.59. The quantitative estimate of drug-likeness (QED) is 0.870. The van der Waals surface area contributed by atoms with E-state index in [1.807, 2.05) is 13.0 Å². The molecule has 0 fully saturated rings. The van der Waals surface area contributed by atoms with Crippen LogP contribution >= 0.6 is 0 Å². The van der Waals surface area contributed by atoms with Crippen LogP contribution in [0.5, 0.6) is 0 Å². The first-order valence-corrected chi connectivity index (χ1v) is 6.10. The van der Waals surface area contributed by atoms with Gasteiger partial charge in [0.1, 0.15) is 5.76 Å². The van der Waals surface area contributed by atoms with Gasteiger partial charge in [0, 0.05) is 5.56 Å². The van der Waals surface area contributed by atoms with Gasteiger partial charge in [-0.15, -0.1) is 0 Å². The predicted molar refractivity (Wildman–Crippen MR) is 69.9 cm³/mol. The normalized spacial score (nSPS) is 12.6. The Kier molecular flexibility index (Phi) is 3.64. The first kappa shape index (κ1) is 11.9. The van der Waals surface area contributed by atoms with Crippen molar-refractivity contribution in [3.63, 3.8) is 0 Å². The third-order valence-electron chi connectivity index (χ3n) is 2.96. The lowest BCUT2D eigenvalue weighted by Crippen LogP contribution is -2.11. The van der Waals surface area contributed by atoms with Crippen LogP contribution in [0.1, 0.15) is 41.8 Å². The van der Waals surface area contributed by atoms with Gasteiger partial charge in [0.2, 0.25) is 0 Å². The number of furan rings is 1. The van der Waals surface area contributed by atoms with Crippen molar-refractivity contribution < 1.29 is 4.42 Å². The van der Waals surface area contributed by atoms with Crippen LogP contribution in [-0.4, -0.2) is 0 Å². The van der Waals surface area contributed by atoms with E-state index in [-0.39, 0.29) is 6.04 Å². The van der Waals surface area contributed by atoms with E-state index in [4.69, 9.17) is 10.2 Å².